The van der Waals surface area contributed by atoms with Crippen LogP contribution in [0.25, 0.3) is 10.9 Å². The predicted molar refractivity (Wildman–Crippen MR) is 114 cm³/mol. The summed E-state index contributed by atoms with van der Waals surface area (Å²) in [7, 11) is 1.16. The van der Waals surface area contributed by atoms with Crippen molar-refractivity contribution in [1.82, 2.24) is 9.55 Å². The van der Waals surface area contributed by atoms with Crippen LogP contribution < -0.4 is 20.6 Å². The summed E-state index contributed by atoms with van der Waals surface area (Å²) in [6.45, 7) is 0.850. The highest BCUT2D eigenvalue weighted by molar-refractivity contribution is 5.84. The van der Waals surface area contributed by atoms with E-state index in [1.54, 1.807) is 12.1 Å². The highest BCUT2D eigenvalue weighted by Crippen LogP contribution is 2.37. The maximum atomic E-state index is 13.2. The van der Waals surface area contributed by atoms with E-state index in [0.29, 0.717) is 22.4 Å². The Morgan fingerprint density at radius 1 is 1.18 bits per heavy atom. The van der Waals surface area contributed by atoms with E-state index in [9.17, 15) is 29.4 Å². The molecule has 11 heteroatoms. The van der Waals surface area contributed by atoms with Crippen molar-refractivity contribution in [3.63, 3.8) is 0 Å². The van der Waals surface area contributed by atoms with Gasteiger partial charge in [-0.1, -0.05) is 0 Å². The minimum absolute atomic E-state index is 0.0184. The molecule has 1 aliphatic heterocycles. The van der Waals surface area contributed by atoms with Gasteiger partial charge in [-0.2, -0.15) is 0 Å². The number of carboxylic acid groups (broad SMARTS) is 1. The fourth-order valence-electron chi connectivity index (χ4n) is 3.92. The quantitative estimate of drug-likeness (QED) is 0.464. The highest BCUT2D eigenvalue weighted by Gasteiger charge is 2.29. The molecule has 33 heavy (non-hydrogen) atoms. The number of pyridine rings is 2. The van der Waals surface area contributed by atoms with E-state index in [2.05, 4.69) is 4.98 Å². The number of carboxylic acids is 1. The summed E-state index contributed by atoms with van der Waals surface area (Å²) in [6.07, 6.45) is -0.436. The molecule has 1 atom stereocenters. The number of carbonyl (C=O) groups is 2. The molecule has 1 unspecified atom stereocenters. The van der Waals surface area contributed by atoms with Crippen LogP contribution in [0.4, 0.5) is 0 Å². The van der Waals surface area contributed by atoms with Crippen LogP contribution in [0, 0.1) is 6.92 Å². The number of H-pyrrole nitrogens is 1. The zero-order chi connectivity index (χ0) is 23.9. The number of aliphatic carboxylic acids is 1. The summed E-state index contributed by atoms with van der Waals surface area (Å²) in [6, 6.07) is 5.95. The van der Waals surface area contributed by atoms with Crippen LogP contribution in [-0.2, 0) is 20.9 Å². The molecule has 2 aromatic heterocycles. The number of esters is 1. The van der Waals surface area contributed by atoms with E-state index in [0.717, 1.165) is 11.7 Å². The molecule has 3 heterocycles. The molecule has 0 aliphatic carbocycles. The minimum Gasteiger partial charge on any atom is -0.507 e. The second kappa shape index (κ2) is 8.34. The fraction of sp³-hybridized carbons (Fsp3) is 0.273. The standard InChI is InChI=1S/C22H20N2O9/c1-10-3-15(25)20(22(30)24(10)8-18(26)27)12(6-19(28)31-2)13-4-11-5-16-17(33-9-32-16)7-14(11)23-21(13)29/h3-5,7,12,25H,6,8-9H2,1-2H3,(H,23,29)(H,26,27). The van der Waals surface area contributed by atoms with Crippen molar-refractivity contribution in [2.45, 2.75) is 25.8 Å². The Hall–Kier alpha value is -4.28. The van der Waals surface area contributed by atoms with E-state index < -0.39 is 47.7 Å². The van der Waals surface area contributed by atoms with Crippen molar-refractivity contribution in [2.75, 3.05) is 13.9 Å². The molecule has 0 saturated carbocycles. The number of fused-ring (bicyclic) bond motifs is 2. The number of methoxy groups -OCH3 is 1. The largest absolute Gasteiger partial charge is 0.507 e. The monoisotopic (exact) mass is 456 g/mol. The number of rotatable bonds is 6. The number of aromatic nitrogens is 2. The summed E-state index contributed by atoms with van der Waals surface area (Å²) in [5.74, 6) is -2.73. The van der Waals surface area contributed by atoms with Crippen molar-refractivity contribution < 1.29 is 34.0 Å². The molecule has 11 nitrogen and oxygen atoms in total. The molecule has 3 aromatic rings. The smallest absolute Gasteiger partial charge is 0.323 e. The summed E-state index contributed by atoms with van der Waals surface area (Å²) in [4.78, 5) is 52.3. The lowest BCUT2D eigenvalue weighted by atomic mass is 9.88. The number of aromatic amines is 1. The Bertz CT molecular complexity index is 1400. The summed E-state index contributed by atoms with van der Waals surface area (Å²) in [5.41, 5.74) is -1.03. The number of aromatic hydroxyl groups is 1. The van der Waals surface area contributed by atoms with Gasteiger partial charge in [0.2, 0.25) is 6.79 Å². The molecule has 4 rings (SSSR count). The number of hydrogen-bond acceptors (Lipinski definition) is 8. The van der Waals surface area contributed by atoms with Gasteiger partial charge in [0.25, 0.3) is 11.1 Å². The van der Waals surface area contributed by atoms with Crippen molar-refractivity contribution >= 4 is 22.8 Å². The van der Waals surface area contributed by atoms with Gasteiger partial charge in [0.15, 0.2) is 11.5 Å². The van der Waals surface area contributed by atoms with Crippen LogP contribution >= 0.6 is 0 Å². The number of nitrogens with one attached hydrogen (secondary N) is 1. The average molecular weight is 456 g/mol. The Morgan fingerprint density at radius 3 is 2.55 bits per heavy atom. The summed E-state index contributed by atoms with van der Waals surface area (Å²) in [5, 5.41) is 20.3. The minimum atomic E-state index is -1.26. The van der Waals surface area contributed by atoms with Gasteiger partial charge in [0.1, 0.15) is 12.3 Å². The van der Waals surface area contributed by atoms with Gasteiger partial charge < -0.3 is 34.0 Å². The maximum absolute atomic E-state index is 13.2. The van der Waals surface area contributed by atoms with Gasteiger partial charge in [0.05, 0.1) is 24.6 Å². The first kappa shape index (κ1) is 21.9. The second-order valence-electron chi connectivity index (χ2n) is 7.55. The molecule has 0 fully saturated rings. The van der Waals surface area contributed by atoms with E-state index in [1.165, 1.54) is 19.1 Å². The third-order valence-electron chi connectivity index (χ3n) is 5.50. The molecule has 3 N–H and O–H groups in total. The molecule has 0 radical (unpaired) electrons. The lowest BCUT2D eigenvalue weighted by Gasteiger charge is -2.19. The third-order valence-corrected chi connectivity index (χ3v) is 5.50. The molecule has 0 spiro atoms. The predicted octanol–water partition coefficient (Wildman–Crippen LogP) is 1.21. The summed E-state index contributed by atoms with van der Waals surface area (Å²) >= 11 is 0. The average Bonchev–Trinajstić information content (AvgIpc) is 3.20. The topological polar surface area (TPSA) is 157 Å². The number of benzene rings is 1. The number of ether oxygens (including phenoxy) is 3. The first-order valence-electron chi connectivity index (χ1n) is 9.88. The van der Waals surface area contributed by atoms with E-state index in [-0.39, 0.29) is 23.6 Å². The fourth-order valence-corrected chi connectivity index (χ4v) is 3.92. The Labute approximate surface area is 185 Å². The van der Waals surface area contributed by atoms with E-state index in [4.69, 9.17) is 14.2 Å². The molecule has 0 bridgehead atoms. The Morgan fingerprint density at radius 2 is 1.88 bits per heavy atom. The van der Waals surface area contributed by atoms with E-state index in [1.807, 2.05) is 0 Å². The van der Waals surface area contributed by atoms with Crippen LogP contribution in [0.2, 0.25) is 0 Å². The van der Waals surface area contributed by atoms with E-state index >= 15 is 0 Å². The molecule has 1 aromatic carbocycles. The van der Waals surface area contributed by atoms with Crippen molar-refractivity contribution in [3.05, 3.63) is 61.8 Å². The van der Waals surface area contributed by atoms with Gasteiger partial charge >= 0.3 is 11.9 Å². The lowest BCUT2D eigenvalue weighted by molar-refractivity contribution is -0.141. The summed E-state index contributed by atoms with van der Waals surface area (Å²) < 4.78 is 16.4. The van der Waals surface area contributed by atoms with Crippen LogP contribution in [0.15, 0.2) is 33.9 Å². The van der Waals surface area contributed by atoms with Crippen LogP contribution in [-0.4, -0.2) is 45.6 Å². The van der Waals surface area contributed by atoms with Gasteiger partial charge in [-0.15, -0.1) is 0 Å². The maximum Gasteiger partial charge on any atom is 0.323 e. The molecule has 0 saturated heterocycles. The molecule has 0 amide bonds. The first-order valence-corrected chi connectivity index (χ1v) is 9.88. The van der Waals surface area contributed by atoms with Crippen LogP contribution in [0.3, 0.4) is 0 Å². The van der Waals surface area contributed by atoms with Crippen LogP contribution in [0.5, 0.6) is 17.2 Å². The van der Waals surface area contributed by atoms with Gasteiger partial charge in [-0.3, -0.25) is 19.2 Å². The number of aryl methyl sites for hydroxylation is 1. The SMILES string of the molecule is COC(=O)CC(c1cc2cc3c(cc2[nH]c1=O)OCO3)c1c(O)cc(C)n(CC(=O)O)c1=O. The van der Waals surface area contributed by atoms with Crippen molar-refractivity contribution in [1.29, 1.82) is 0 Å². The number of carbonyl (C=O) groups excluding carboxylic acids is 1. The molecular weight excluding hydrogens is 436 g/mol. The number of hydrogen-bond donors (Lipinski definition) is 3. The van der Waals surface area contributed by atoms with Gasteiger partial charge in [-0.05, 0) is 25.1 Å². The normalized spacial score (nSPS) is 13.2. The molecular formula is C22H20N2O9. The van der Waals surface area contributed by atoms with Crippen molar-refractivity contribution in [3.8, 4) is 17.2 Å². The molecule has 1 aliphatic rings. The first-order chi connectivity index (χ1) is 15.7. The lowest BCUT2D eigenvalue weighted by Crippen LogP contribution is -2.32. The molecule has 172 valence electrons. The van der Waals surface area contributed by atoms with Gasteiger partial charge in [0, 0.05) is 28.6 Å². The second-order valence-corrected chi connectivity index (χ2v) is 7.55. The number of nitrogens with zero attached hydrogens (tertiary/aromatic N) is 1. The zero-order valence-corrected chi connectivity index (χ0v) is 17.7. The third kappa shape index (κ3) is 4.00. The Balaban J connectivity index is 1.95. The van der Waals surface area contributed by atoms with Crippen molar-refractivity contribution in [2.24, 2.45) is 0 Å². The van der Waals surface area contributed by atoms with Crippen LogP contribution in [0.1, 0.15) is 29.2 Å². The zero-order valence-electron chi connectivity index (χ0n) is 17.7. The highest BCUT2D eigenvalue weighted by atomic mass is 16.7. The Kier molecular flexibility index (Phi) is 5.54. The van der Waals surface area contributed by atoms with Gasteiger partial charge in [-0.25, -0.2) is 0 Å².